The standard InChI is InChI=1S/C19H23N3O2S/c1-24-13-7-5-12(6-8-13)21-19(23)15-9-17(18-10-20-11-25-18)22-16-4-2-3-14(15)16/h9-13H,2-8H2,1H3,(H,21,23). The third-order valence-corrected chi connectivity index (χ3v) is 6.12. The summed E-state index contributed by atoms with van der Waals surface area (Å²) in [5.41, 5.74) is 5.70. The zero-order valence-electron chi connectivity index (χ0n) is 14.5. The average Bonchev–Trinajstić information content (AvgIpc) is 3.32. The highest BCUT2D eigenvalue weighted by atomic mass is 32.1. The van der Waals surface area contributed by atoms with Crippen LogP contribution in [0.1, 0.15) is 53.7 Å². The molecule has 5 nitrogen and oxygen atoms in total. The molecule has 0 atom stereocenters. The van der Waals surface area contributed by atoms with Gasteiger partial charge in [0.05, 0.1) is 22.2 Å². The predicted octanol–water partition coefficient (Wildman–Crippen LogP) is 3.38. The van der Waals surface area contributed by atoms with Crippen LogP contribution in [0, 0.1) is 0 Å². The van der Waals surface area contributed by atoms with Crippen LogP contribution in [-0.2, 0) is 17.6 Å². The Balaban J connectivity index is 1.56. The molecule has 1 saturated carbocycles. The van der Waals surface area contributed by atoms with E-state index in [2.05, 4.69) is 10.3 Å². The molecule has 132 valence electrons. The highest BCUT2D eigenvalue weighted by Crippen LogP contribution is 2.30. The number of carbonyl (C=O) groups is 1. The lowest BCUT2D eigenvalue weighted by Crippen LogP contribution is -2.39. The van der Waals surface area contributed by atoms with Gasteiger partial charge >= 0.3 is 0 Å². The van der Waals surface area contributed by atoms with Gasteiger partial charge in [0.1, 0.15) is 0 Å². The van der Waals surface area contributed by atoms with Crippen LogP contribution in [0.15, 0.2) is 17.8 Å². The lowest BCUT2D eigenvalue weighted by Gasteiger charge is -2.28. The van der Waals surface area contributed by atoms with Crippen molar-refractivity contribution in [2.45, 2.75) is 57.1 Å². The summed E-state index contributed by atoms with van der Waals surface area (Å²) in [6.45, 7) is 0. The van der Waals surface area contributed by atoms with Crippen LogP contribution in [0.3, 0.4) is 0 Å². The Labute approximate surface area is 151 Å². The molecular formula is C19H23N3O2S. The quantitative estimate of drug-likeness (QED) is 0.911. The van der Waals surface area contributed by atoms with E-state index in [1.807, 2.05) is 12.3 Å². The summed E-state index contributed by atoms with van der Waals surface area (Å²) in [4.78, 5) is 22.9. The Morgan fingerprint density at radius 3 is 2.84 bits per heavy atom. The third kappa shape index (κ3) is 3.46. The molecule has 1 amide bonds. The zero-order valence-corrected chi connectivity index (χ0v) is 15.3. The number of thiazole rings is 1. The summed E-state index contributed by atoms with van der Waals surface area (Å²) in [5.74, 6) is 0.0483. The van der Waals surface area contributed by atoms with Gasteiger partial charge in [-0.05, 0) is 56.6 Å². The molecule has 0 radical (unpaired) electrons. The topological polar surface area (TPSA) is 64.1 Å². The van der Waals surface area contributed by atoms with Crippen LogP contribution in [0.2, 0.25) is 0 Å². The number of rotatable bonds is 4. The number of amides is 1. The Bertz CT molecular complexity index is 752. The largest absolute Gasteiger partial charge is 0.381 e. The minimum Gasteiger partial charge on any atom is -0.381 e. The number of nitrogens with one attached hydrogen (secondary N) is 1. The fourth-order valence-corrected chi connectivity index (χ4v) is 4.50. The first-order valence-electron chi connectivity index (χ1n) is 9.00. The first-order chi connectivity index (χ1) is 12.2. The maximum Gasteiger partial charge on any atom is 0.251 e. The molecule has 1 N–H and O–H groups in total. The van der Waals surface area contributed by atoms with E-state index in [-0.39, 0.29) is 11.9 Å². The minimum atomic E-state index is 0.0483. The molecule has 2 heterocycles. The number of ether oxygens (including phenoxy) is 1. The van der Waals surface area contributed by atoms with Crippen LogP contribution in [0.4, 0.5) is 0 Å². The van der Waals surface area contributed by atoms with Crippen LogP contribution in [-0.4, -0.2) is 35.1 Å². The van der Waals surface area contributed by atoms with Crippen molar-refractivity contribution in [2.75, 3.05) is 7.11 Å². The normalized spacial score (nSPS) is 22.6. The fourth-order valence-electron chi connectivity index (χ4n) is 3.92. The SMILES string of the molecule is COC1CCC(NC(=O)c2cc(-c3cncs3)nc3c2CCC3)CC1. The molecule has 2 aromatic rings. The van der Waals surface area contributed by atoms with Crippen molar-refractivity contribution in [3.63, 3.8) is 0 Å². The fraction of sp³-hybridized carbons (Fsp3) is 0.526. The van der Waals surface area contributed by atoms with Gasteiger partial charge in [-0.15, -0.1) is 11.3 Å². The first kappa shape index (κ1) is 16.7. The Kier molecular flexibility index (Phi) is 4.81. The number of fused-ring (bicyclic) bond motifs is 1. The molecule has 2 aromatic heterocycles. The summed E-state index contributed by atoms with van der Waals surface area (Å²) in [5, 5.41) is 3.25. The van der Waals surface area contributed by atoms with E-state index < -0.39 is 0 Å². The lowest BCUT2D eigenvalue weighted by atomic mass is 9.92. The Morgan fingerprint density at radius 2 is 2.12 bits per heavy atom. The second kappa shape index (κ2) is 7.22. The van der Waals surface area contributed by atoms with E-state index >= 15 is 0 Å². The number of hydrogen-bond donors (Lipinski definition) is 1. The van der Waals surface area contributed by atoms with Gasteiger partial charge in [0.15, 0.2) is 0 Å². The van der Waals surface area contributed by atoms with Crippen molar-refractivity contribution in [3.8, 4) is 10.6 Å². The van der Waals surface area contributed by atoms with Crippen LogP contribution in [0.5, 0.6) is 0 Å². The van der Waals surface area contributed by atoms with E-state index in [0.29, 0.717) is 6.10 Å². The summed E-state index contributed by atoms with van der Waals surface area (Å²) >= 11 is 1.56. The summed E-state index contributed by atoms with van der Waals surface area (Å²) in [6, 6.07) is 2.20. The van der Waals surface area contributed by atoms with E-state index in [0.717, 1.165) is 72.3 Å². The number of aromatic nitrogens is 2. The molecule has 0 bridgehead atoms. The maximum absolute atomic E-state index is 13.0. The molecule has 0 spiro atoms. The van der Waals surface area contributed by atoms with Gasteiger partial charge < -0.3 is 10.1 Å². The van der Waals surface area contributed by atoms with Gasteiger partial charge in [-0.1, -0.05) is 0 Å². The molecule has 1 fully saturated rings. The monoisotopic (exact) mass is 357 g/mol. The maximum atomic E-state index is 13.0. The molecule has 4 rings (SSSR count). The Morgan fingerprint density at radius 1 is 1.28 bits per heavy atom. The van der Waals surface area contributed by atoms with E-state index in [1.54, 1.807) is 24.0 Å². The highest BCUT2D eigenvalue weighted by Gasteiger charge is 2.26. The third-order valence-electron chi connectivity index (χ3n) is 5.32. The van der Waals surface area contributed by atoms with Crippen LogP contribution in [0.25, 0.3) is 10.6 Å². The molecule has 0 unspecified atom stereocenters. The zero-order chi connectivity index (χ0) is 17.2. The molecule has 2 aliphatic carbocycles. The molecule has 2 aliphatic rings. The smallest absolute Gasteiger partial charge is 0.251 e. The number of methoxy groups -OCH3 is 1. The highest BCUT2D eigenvalue weighted by molar-refractivity contribution is 7.13. The number of nitrogens with zero attached hydrogens (tertiary/aromatic N) is 2. The summed E-state index contributed by atoms with van der Waals surface area (Å²) < 4.78 is 5.42. The van der Waals surface area contributed by atoms with Crippen LogP contribution < -0.4 is 5.32 Å². The molecule has 6 heteroatoms. The minimum absolute atomic E-state index is 0.0483. The molecule has 0 aliphatic heterocycles. The van der Waals surface area contributed by atoms with E-state index in [1.165, 1.54) is 0 Å². The van der Waals surface area contributed by atoms with Crippen molar-refractivity contribution in [1.82, 2.24) is 15.3 Å². The van der Waals surface area contributed by atoms with Gasteiger partial charge in [0.25, 0.3) is 5.91 Å². The first-order valence-corrected chi connectivity index (χ1v) is 9.88. The molecular weight excluding hydrogens is 334 g/mol. The van der Waals surface area contributed by atoms with Crippen molar-refractivity contribution < 1.29 is 9.53 Å². The van der Waals surface area contributed by atoms with Gasteiger partial charge in [-0.3, -0.25) is 14.8 Å². The van der Waals surface area contributed by atoms with Gasteiger partial charge in [-0.25, -0.2) is 0 Å². The Hall–Kier alpha value is -1.79. The molecule has 25 heavy (non-hydrogen) atoms. The van der Waals surface area contributed by atoms with Crippen molar-refractivity contribution in [3.05, 3.63) is 34.6 Å². The molecule has 0 aromatic carbocycles. The molecule has 0 saturated heterocycles. The van der Waals surface area contributed by atoms with E-state index in [9.17, 15) is 4.79 Å². The number of aryl methyl sites for hydroxylation is 1. The van der Waals surface area contributed by atoms with Gasteiger partial charge in [0, 0.05) is 30.6 Å². The van der Waals surface area contributed by atoms with Gasteiger partial charge in [-0.2, -0.15) is 0 Å². The summed E-state index contributed by atoms with van der Waals surface area (Å²) in [6.07, 6.45) is 9.15. The number of hydrogen-bond acceptors (Lipinski definition) is 5. The van der Waals surface area contributed by atoms with Crippen molar-refractivity contribution >= 4 is 17.2 Å². The second-order valence-electron chi connectivity index (χ2n) is 6.88. The van der Waals surface area contributed by atoms with E-state index in [4.69, 9.17) is 9.72 Å². The van der Waals surface area contributed by atoms with Gasteiger partial charge in [0.2, 0.25) is 0 Å². The average molecular weight is 357 g/mol. The van der Waals surface area contributed by atoms with Crippen molar-refractivity contribution in [1.29, 1.82) is 0 Å². The predicted molar refractivity (Wildman–Crippen MR) is 97.9 cm³/mol. The van der Waals surface area contributed by atoms with Crippen LogP contribution >= 0.6 is 11.3 Å². The van der Waals surface area contributed by atoms with Crippen molar-refractivity contribution in [2.24, 2.45) is 0 Å². The number of carbonyl (C=O) groups excluding carboxylic acids is 1. The number of pyridine rings is 1. The second-order valence-corrected chi connectivity index (χ2v) is 7.77. The summed E-state index contributed by atoms with van der Waals surface area (Å²) in [7, 11) is 1.77. The lowest BCUT2D eigenvalue weighted by molar-refractivity contribution is 0.0599.